The molecule has 0 aliphatic heterocycles. The minimum atomic E-state index is -0.654. The minimum Gasteiger partial charge on any atom is -0.493 e. The van der Waals surface area contributed by atoms with E-state index in [1.807, 2.05) is 12.1 Å². The van der Waals surface area contributed by atoms with Crippen LogP contribution in [0.3, 0.4) is 0 Å². The Bertz CT molecular complexity index is 811. The van der Waals surface area contributed by atoms with Crippen LogP contribution in [0, 0.1) is 22.7 Å². The van der Waals surface area contributed by atoms with Crippen LogP contribution in [0.5, 0.6) is 5.88 Å². The van der Waals surface area contributed by atoms with E-state index in [-0.39, 0.29) is 29.8 Å². The zero-order chi connectivity index (χ0) is 15.4. The van der Waals surface area contributed by atoms with Crippen molar-refractivity contribution in [1.29, 1.82) is 10.5 Å². The van der Waals surface area contributed by atoms with E-state index >= 15 is 0 Å². The summed E-state index contributed by atoms with van der Waals surface area (Å²) < 4.78 is 0.948. The highest BCUT2D eigenvalue weighted by Gasteiger charge is 2.22. The molecule has 0 spiro atoms. The van der Waals surface area contributed by atoms with Crippen molar-refractivity contribution < 1.29 is 5.11 Å². The van der Waals surface area contributed by atoms with Gasteiger partial charge in [0.05, 0.1) is 0 Å². The Labute approximate surface area is 120 Å². The monoisotopic (exact) mass is 280 g/mol. The van der Waals surface area contributed by atoms with E-state index in [0.717, 1.165) is 4.57 Å². The predicted octanol–water partition coefficient (Wildman–Crippen LogP) is 0.923. The Morgan fingerprint density at radius 2 is 1.76 bits per heavy atom. The fourth-order valence-electron chi connectivity index (χ4n) is 2.15. The maximum absolute atomic E-state index is 12.3. The summed E-state index contributed by atoms with van der Waals surface area (Å²) in [6.07, 6.45) is 0. The summed E-state index contributed by atoms with van der Waals surface area (Å²) in [5.41, 5.74) is 5.13. The first-order valence-corrected chi connectivity index (χ1v) is 6.21. The molecule has 0 saturated heterocycles. The van der Waals surface area contributed by atoms with Gasteiger partial charge in [0.25, 0.3) is 5.56 Å². The van der Waals surface area contributed by atoms with Crippen molar-refractivity contribution in [1.82, 2.24) is 4.57 Å². The summed E-state index contributed by atoms with van der Waals surface area (Å²) in [5, 5.41) is 28.7. The van der Waals surface area contributed by atoms with Crippen LogP contribution < -0.4 is 11.3 Å². The molecule has 2 rings (SSSR count). The first kappa shape index (κ1) is 14.3. The summed E-state index contributed by atoms with van der Waals surface area (Å²) >= 11 is 0. The molecule has 0 aliphatic carbocycles. The number of nitrogens with two attached hydrogens (primary N) is 1. The molecule has 6 nitrogen and oxygen atoms in total. The molecule has 2 aromatic rings. The molecule has 1 aromatic carbocycles. The van der Waals surface area contributed by atoms with E-state index < -0.39 is 11.4 Å². The van der Waals surface area contributed by atoms with Gasteiger partial charge in [-0.3, -0.25) is 9.36 Å². The van der Waals surface area contributed by atoms with Crippen molar-refractivity contribution in [2.24, 2.45) is 5.73 Å². The largest absolute Gasteiger partial charge is 0.493 e. The summed E-state index contributed by atoms with van der Waals surface area (Å²) in [7, 11) is 0. The van der Waals surface area contributed by atoms with Crippen molar-refractivity contribution in [2.75, 3.05) is 6.54 Å². The molecule has 21 heavy (non-hydrogen) atoms. The van der Waals surface area contributed by atoms with Crippen LogP contribution in [-0.2, 0) is 6.54 Å². The Kier molecular flexibility index (Phi) is 4.03. The average molecular weight is 280 g/mol. The quantitative estimate of drug-likeness (QED) is 0.867. The number of nitriles is 2. The molecule has 3 N–H and O–H groups in total. The fraction of sp³-hybridized carbons (Fsp3) is 0.133. The predicted molar refractivity (Wildman–Crippen MR) is 76.3 cm³/mol. The topological polar surface area (TPSA) is 116 Å². The molecular weight excluding hydrogens is 268 g/mol. The number of aromatic nitrogens is 1. The van der Waals surface area contributed by atoms with Gasteiger partial charge in [0.15, 0.2) is 0 Å². The number of benzene rings is 1. The van der Waals surface area contributed by atoms with Gasteiger partial charge in [0.1, 0.15) is 23.3 Å². The lowest BCUT2D eigenvalue weighted by molar-refractivity contribution is 0.406. The van der Waals surface area contributed by atoms with Gasteiger partial charge < -0.3 is 10.8 Å². The number of hydrogen-bond donors (Lipinski definition) is 2. The third-order valence-electron chi connectivity index (χ3n) is 3.08. The van der Waals surface area contributed by atoms with Crippen LogP contribution in [0.2, 0.25) is 0 Å². The Morgan fingerprint density at radius 3 is 2.29 bits per heavy atom. The highest BCUT2D eigenvalue weighted by atomic mass is 16.3. The van der Waals surface area contributed by atoms with E-state index in [0.29, 0.717) is 5.56 Å². The standard InChI is InChI=1S/C15H12N4O2/c16-6-7-19-14(20)11(8-17)13(12(9-18)15(19)21)10-4-2-1-3-5-10/h1-5,20H,6-7,16H2. The summed E-state index contributed by atoms with van der Waals surface area (Å²) in [5.74, 6) is -0.467. The summed E-state index contributed by atoms with van der Waals surface area (Å²) in [4.78, 5) is 12.3. The number of aromatic hydroxyl groups is 1. The first-order chi connectivity index (χ1) is 10.2. The maximum atomic E-state index is 12.3. The molecule has 0 bridgehead atoms. The van der Waals surface area contributed by atoms with Crippen LogP contribution in [0.25, 0.3) is 11.1 Å². The average Bonchev–Trinajstić information content (AvgIpc) is 2.52. The van der Waals surface area contributed by atoms with Crippen molar-refractivity contribution in [3.63, 3.8) is 0 Å². The fourth-order valence-corrected chi connectivity index (χ4v) is 2.15. The second-order valence-electron chi connectivity index (χ2n) is 4.28. The Hall–Kier alpha value is -3.09. The smallest absolute Gasteiger partial charge is 0.272 e. The molecule has 0 aliphatic rings. The zero-order valence-electron chi connectivity index (χ0n) is 11.1. The number of rotatable bonds is 3. The molecule has 0 unspecified atom stereocenters. The van der Waals surface area contributed by atoms with Crippen molar-refractivity contribution in [3.05, 3.63) is 51.8 Å². The first-order valence-electron chi connectivity index (χ1n) is 6.21. The van der Waals surface area contributed by atoms with Crippen molar-refractivity contribution >= 4 is 0 Å². The van der Waals surface area contributed by atoms with E-state index in [9.17, 15) is 20.4 Å². The number of hydrogen-bond acceptors (Lipinski definition) is 5. The summed E-state index contributed by atoms with van der Waals surface area (Å²) in [6, 6.07) is 12.2. The van der Waals surface area contributed by atoms with E-state index in [1.165, 1.54) is 0 Å². The second-order valence-corrected chi connectivity index (χ2v) is 4.28. The molecule has 0 radical (unpaired) electrons. The molecular formula is C15H12N4O2. The van der Waals surface area contributed by atoms with Crippen molar-refractivity contribution in [2.45, 2.75) is 6.54 Å². The third kappa shape index (κ3) is 2.36. The lowest BCUT2D eigenvalue weighted by Crippen LogP contribution is -2.27. The lowest BCUT2D eigenvalue weighted by atomic mass is 9.97. The highest BCUT2D eigenvalue weighted by molar-refractivity contribution is 5.77. The van der Waals surface area contributed by atoms with Crippen LogP contribution in [-0.4, -0.2) is 16.2 Å². The van der Waals surface area contributed by atoms with Crippen LogP contribution >= 0.6 is 0 Å². The van der Waals surface area contributed by atoms with Gasteiger partial charge in [-0.05, 0) is 5.56 Å². The molecule has 6 heteroatoms. The number of nitrogens with zero attached hydrogens (tertiary/aromatic N) is 3. The Morgan fingerprint density at radius 1 is 1.14 bits per heavy atom. The molecule has 0 fully saturated rings. The van der Waals surface area contributed by atoms with Gasteiger partial charge in [-0.25, -0.2) is 0 Å². The normalized spacial score (nSPS) is 9.86. The van der Waals surface area contributed by atoms with Gasteiger partial charge in [-0.2, -0.15) is 10.5 Å². The van der Waals surface area contributed by atoms with Crippen LogP contribution in [0.4, 0.5) is 0 Å². The van der Waals surface area contributed by atoms with Gasteiger partial charge in [-0.1, -0.05) is 30.3 Å². The zero-order valence-corrected chi connectivity index (χ0v) is 11.1. The molecule has 0 amide bonds. The second kappa shape index (κ2) is 5.91. The number of pyridine rings is 1. The van der Waals surface area contributed by atoms with Gasteiger partial charge in [0, 0.05) is 18.7 Å². The highest BCUT2D eigenvalue weighted by Crippen LogP contribution is 2.30. The molecule has 1 aromatic heterocycles. The summed E-state index contributed by atoms with van der Waals surface area (Å²) in [6.45, 7) is 0.136. The van der Waals surface area contributed by atoms with Gasteiger partial charge >= 0.3 is 0 Å². The minimum absolute atomic E-state index is 0.0308. The van der Waals surface area contributed by atoms with E-state index in [4.69, 9.17) is 5.73 Å². The molecule has 104 valence electrons. The SMILES string of the molecule is N#Cc1c(-c2ccccc2)c(C#N)c(=O)n(CCN)c1O. The Balaban J connectivity index is 2.93. The van der Waals surface area contributed by atoms with Gasteiger partial charge in [-0.15, -0.1) is 0 Å². The van der Waals surface area contributed by atoms with Crippen LogP contribution in [0.1, 0.15) is 11.1 Å². The third-order valence-corrected chi connectivity index (χ3v) is 3.08. The molecule has 0 saturated carbocycles. The van der Waals surface area contributed by atoms with Crippen molar-refractivity contribution in [3.8, 4) is 29.1 Å². The van der Waals surface area contributed by atoms with Gasteiger partial charge in [0.2, 0.25) is 5.88 Å². The molecule has 1 heterocycles. The van der Waals surface area contributed by atoms with E-state index in [2.05, 4.69) is 0 Å². The maximum Gasteiger partial charge on any atom is 0.272 e. The molecule has 0 atom stereocenters. The van der Waals surface area contributed by atoms with Crippen LogP contribution in [0.15, 0.2) is 35.1 Å². The van der Waals surface area contributed by atoms with E-state index in [1.54, 1.807) is 30.3 Å². The lowest BCUT2D eigenvalue weighted by Gasteiger charge is -2.13.